The van der Waals surface area contributed by atoms with Gasteiger partial charge in [-0.2, -0.15) is 8.42 Å². The maximum Gasteiger partial charge on any atom is 0.339 e. The van der Waals surface area contributed by atoms with Gasteiger partial charge in [0.25, 0.3) is 0 Å². The number of hydrogen-bond donors (Lipinski definition) is 0. The standard InChI is InChI=1S/C19H18O4S/c1-22-13-12-15-6-9-18(10-7-15)23-24(20,21)19-11-8-16-4-2-3-5-17(16)14-19/h2-11,14H,12-13H2,1H3. The van der Waals surface area contributed by atoms with Gasteiger partial charge in [-0.1, -0.05) is 42.5 Å². The molecule has 3 aromatic rings. The summed E-state index contributed by atoms with van der Waals surface area (Å²) in [4.78, 5) is 0.143. The van der Waals surface area contributed by atoms with Crippen LogP contribution in [0, 0.1) is 0 Å². The van der Waals surface area contributed by atoms with Crippen molar-refractivity contribution in [2.45, 2.75) is 11.3 Å². The van der Waals surface area contributed by atoms with Gasteiger partial charge in [-0.05, 0) is 47.0 Å². The molecule has 0 saturated carbocycles. The summed E-state index contributed by atoms with van der Waals surface area (Å²) < 4.78 is 35.2. The Hall–Kier alpha value is -2.37. The first-order valence-corrected chi connectivity index (χ1v) is 9.00. The zero-order valence-corrected chi connectivity index (χ0v) is 14.1. The van der Waals surface area contributed by atoms with Crippen LogP contribution < -0.4 is 4.18 Å². The van der Waals surface area contributed by atoms with Crippen LogP contribution in [-0.4, -0.2) is 22.1 Å². The average molecular weight is 342 g/mol. The Labute approximate surface area is 141 Å². The third kappa shape index (κ3) is 3.75. The van der Waals surface area contributed by atoms with Gasteiger partial charge in [0.05, 0.1) is 6.61 Å². The van der Waals surface area contributed by atoms with E-state index in [9.17, 15) is 8.42 Å². The van der Waals surface area contributed by atoms with E-state index in [2.05, 4.69) is 0 Å². The van der Waals surface area contributed by atoms with E-state index in [1.54, 1.807) is 37.4 Å². The molecule has 0 bridgehead atoms. The molecule has 0 aliphatic carbocycles. The van der Waals surface area contributed by atoms with E-state index in [0.717, 1.165) is 22.8 Å². The van der Waals surface area contributed by atoms with Gasteiger partial charge >= 0.3 is 10.1 Å². The van der Waals surface area contributed by atoms with Crippen molar-refractivity contribution < 1.29 is 17.3 Å². The first-order chi connectivity index (χ1) is 11.6. The van der Waals surface area contributed by atoms with E-state index in [4.69, 9.17) is 8.92 Å². The van der Waals surface area contributed by atoms with Crippen LogP contribution in [0.25, 0.3) is 10.8 Å². The molecule has 5 heteroatoms. The van der Waals surface area contributed by atoms with Crippen LogP contribution in [0.5, 0.6) is 5.75 Å². The number of benzene rings is 3. The molecule has 24 heavy (non-hydrogen) atoms. The number of ether oxygens (including phenoxy) is 1. The molecular formula is C19H18O4S. The van der Waals surface area contributed by atoms with Gasteiger partial charge in [0.15, 0.2) is 0 Å². The molecule has 0 aliphatic heterocycles. The Bertz CT molecular complexity index is 931. The summed E-state index contributed by atoms with van der Waals surface area (Å²) in [5.74, 6) is 0.296. The second-order valence-electron chi connectivity index (χ2n) is 5.43. The number of rotatable bonds is 6. The van der Waals surface area contributed by atoms with E-state index in [0.29, 0.717) is 12.4 Å². The highest BCUT2D eigenvalue weighted by Gasteiger charge is 2.17. The Morgan fingerprint density at radius 1 is 0.875 bits per heavy atom. The minimum Gasteiger partial charge on any atom is -0.384 e. The van der Waals surface area contributed by atoms with Crippen LogP contribution in [0.4, 0.5) is 0 Å². The van der Waals surface area contributed by atoms with Gasteiger partial charge < -0.3 is 8.92 Å². The Morgan fingerprint density at radius 2 is 1.58 bits per heavy atom. The zero-order chi connectivity index (χ0) is 17.0. The fourth-order valence-electron chi connectivity index (χ4n) is 2.43. The van der Waals surface area contributed by atoms with Crippen molar-refractivity contribution in [1.29, 1.82) is 0 Å². The molecule has 0 atom stereocenters. The van der Waals surface area contributed by atoms with Crippen LogP contribution in [0.3, 0.4) is 0 Å². The molecule has 0 radical (unpaired) electrons. The molecule has 0 heterocycles. The summed E-state index contributed by atoms with van der Waals surface area (Å²) >= 11 is 0. The molecule has 0 saturated heterocycles. The van der Waals surface area contributed by atoms with Crippen molar-refractivity contribution in [3.8, 4) is 5.75 Å². The molecule has 4 nitrogen and oxygen atoms in total. The highest BCUT2D eigenvalue weighted by Crippen LogP contribution is 2.23. The van der Waals surface area contributed by atoms with Crippen LogP contribution in [0.1, 0.15) is 5.56 Å². The lowest BCUT2D eigenvalue weighted by molar-refractivity contribution is 0.202. The van der Waals surface area contributed by atoms with Crippen molar-refractivity contribution in [3.05, 3.63) is 72.3 Å². The van der Waals surface area contributed by atoms with Crippen molar-refractivity contribution >= 4 is 20.9 Å². The molecule has 3 rings (SSSR count). The molecule has 0 spiro atoms. The van der Waals surface area contributed by atoms with Gasteiger partial charge in [0, 0.05) is 7.11 Å². The third-order valence-electron chi connectivity index (χ3n) is 3.73. The van der Waals surface area contributed by atoms with Crippen LogP contribution in [0.15, 0.2) is 71.6 Å². The van der Waals surface area contributed by atoms with Crippen molar-refractivity contribution in [2.75, 3.05) is 13.7 Å². The van der Waals surface area contributed by atoms with Gasteiger partial charge in [-0.15, -0.1) is 0 Å². The van der Waals surface area contributed by atoms with E-state index in [1.165, 1.54) is 0 Å². The summed E-state index contributed by atoms with van der Waals surface area (Å²) in [7, 11) is -2.21. The third-order valence-corrected chi connectivity index (χ3v) is 4.98. The number of hydrogen-bond acceptors (Lipinski definition) is 4. The molecule has 0 aromatic heterocycles. The molecule has 0 aliphatic rings. The van der Waals surface area contributed by atoms with Crippen LogP contribution in [-0.2, 0) is 21.3 Å². The second kappa shape index (κ2) is 7.03. The van der Waals surface area contributed by atoms with E-state index in [1.807, 2.05) is 36.4 Å². The van der Waals surface area contributed by atoms with Crippen molar-refractivity contribution in [3.63, 3.8) is 0 Å². The van der Waals surface area contributed by atoms with Crippen molar-refractivity contribution in [1.82, 2.24) is 0 Å². The summed E-state index contributed by atoms with van der Waals surface area (Å²) in [5, 5.41) is 1.84. The van der Waals surface area contributed by atoms with E-state index < -0.39 is 10.1 Å². The molecule has 0 amide bonds. The SMILES string of the molecule is COCCc1ccc(OS(=O)(=O)c2ccc3ccccc3c2)cc1. The lowest BCUT2D eigenvalue weighted by atomic mass is 10.1. The molecule has 0 N–H and O–H groups in total. The quantitative estimate of drug-likeness (QED) is 0.640. The lowest BCUT2D eigenvalue weighted by Gasteiger charge is -2.09. The predicted molar refractivity (Wildman–Crippen MR) is 93.8 cm³/mol. The normalized spacial score (nSPS) is 11.5. The number of fused-ring (bicyclic) bond motifs is 1. The maximum atomic E-state index is 12.5. The summed E-state index contributed by atoms with van der Waals surface area (Å²) in [6, 6.07) is 19.5. The highest BCUT2D eigenvalue weighted by atomic mass is 32.2. The Morgan fingerprint density at radius 3 is 2.29 bits per heavy atom. The average Bonchev–Trinajstić information content (AvgIpc) is 2.60. The first kappa shape index (κ1) is 16.5. The fourth-order valence-corrected chi connectivity index (χ4v) is 3.40. The lowest BCUT2D eigenvalue weighted by Crippen LogP contribution is -2.09. The molecular weight excluding hydrogens is 324 g/mol. The Kier molecular flexibility index (Phi) is 4.83. The predicted octanol–water partition coefficient (Wildman–Crippen LogP) is 3.80. The second-order valence-corrected chi connectivity index (χ2v) is 6.98. The summed E-state index contributed by atoms with van der Waals surface area (Å²) in [5.41, 5.74) is 1.06. The molecule has 3 aromatic carbocycles. The topological polar surface area (TPSA) is 52.6 Å². The van der Waals surface area contributed by atoms with Crippen molar-refractivity contribution in [2.24, 2.45) is 0 Å². The summed E-state index contributed by atoms with van der Waals surface area (Å²) in [6.45, 7) is 0.621. The minimum absolute atomic E-state index is 0.143. The van der Waals surface area contributed by atoms with E-state index >= 15 is 0 Å². The zero-order valence-electron chi connectivity index (χ0n) is 13.3. The first-order valence-electron chi connectivity index (χ1n) is 7.60. The summed E-state index contributed by atoms with van der Waals surface area (Å²) in [6.07, 6.45) is 0.772. The highest BCUT2D eigenvalue weighted by molar-refractivity contribution is 7.87. The van der Waals surface area contributed by atoms with Gasteiger partial charge in [0.1, 0.15) is 10.6 Å². The number of methoxy groups -OCH3 is 1. The minimum atomic E-state index is -3.86. The largest absolute Gasteiger partial charge is 0.384 e. The van der Waals surface area contributed by atoms with Gasteiger partial charge in [-0.25, -0.2) is 0 Å². The monoisotopic (exact) mass is 342 g/mol. The maximum absolute atomic E-state index is 12.5. The molecule has 124 valence electrons. The van der Waals surface area contributed by atoms with Gasteiger partial charge in [0.2, 0.25) is 0 Å². The Balaban J connectivity index is 1.81. The van der Waals surface area contributed by atoms with Crippen LogP contribution in [0.2, 0.25) is 0 Å². The van der Waals surface area contributed by atoms with Crippen LogP contribution >= 0.6 is 0 Å². The molecule has 0 fully saturated rings. The smallest absolute Gasteiger partial charge is 0.339 e. The molecule has 0 unspecified atom stereocenters. The van der Waals surface area contributed by atoms with E-state index in [-0.39, 0.29) is 4.90 Å². The van der Waals surface area contributed by atoms with Gasteiger partial charge in [-0.3, -0.25) is 0 Å². The fraction of sp³-hybridized carbons (Fsp3) is 0.158.